The molecule has 51 heavy (non-hydrogen) atoms. The van der Waals surface area contributed by atoms with Gasteiger partial charge in [0.2, 0.25) is 5.91 Å². The van der Waals surface area contributed by atoms with Crippen LogP contribution in [0.2, 0.25) is 0 Å². The van der Waals surface area contributed by atoms with Gasteiger partial charge in [0.1, 0.15) is 22.7 Å². The Balaban J connectivity index is 0. The number of alkyl halides is 3. The molecular formula is C31H45F3N2O14S. The van der Waals surface area contributed by atoms with Crippen LogP contribution in [0.1, 0.15) is 102 Å². The topological polar surface area (TPSA) is 222 Å². The number of imide groups is 2. The summed E-state index contributed by atoms with van der Waals surface area (Å²) < 4.78 is 74.4. The highest BCUT2D eigenvalue weighted by Gasteiger charge is 2.51. The number of Topliss-reactive ketones (excluding diaryl/α,β-unsaturated/α-hetero) is 1. The van der Waals surface area contributed by atoms with Crippen LogP contribution in [0.15, 0.2) is 11.8 Å². The van der Waals surface area contributed by atoms with Crippen molar-refractivity contribution in [1.82, 2.24) is 9.80 Å². The van der Waals surface area contributed by atoms with Gasteiger partial charge in [-0.05, 0) is 52.4 Å². The van der Waals surface area contributed by atoms with Crippen molar-refractivity contribution < 1.29 is 78.4 Å². The number of carbonyl (C=O) groups is 5. The summed E-state index contributed by atoms with van der Waals surface area (Å²) in [6, 6.07) is -1.41. The largest absolute Gasteiger partial charge is 0.534 e. The highest BCUT2D eigenvalue weighted by Crippen LogP contribution is 2.37. The molecule has 16 nitrogen and oxygen atoms in total. The maximum absolute atomic E-state index is 12.5. The maximum Gasteiger partial charge on any atom is 0.534 e. The lowest BCUT2D eigenvalue weighted by atomic mass is 9.80. The van der Waals surface area contributed by atoms with Gasteiger partial charge in [-0.25, -0.2) is 19.4 Å². The van der Waals surface area contributed by atoms with E-state index in [1.165, 1.54) is 0 Å². The number of ketones is 1. The van der Waals surface area contributed by atoms with Crippen LogP contribution in [0.3, 0.4) is 0 Å². The second-order valence-electron chi connectivity index (χ2n) is 15.1. The minimum absolute atomic E-state index is 0.121. The van der Waals surface area contributed by atoms with Gasteiger partial charge in [-0.3, -0.25) is 14.4 Å². The quantitative estimate of drug-likeness (QED) is 0.212. The number of hydrogen-bond donors (Lipinski definition) is 0. The van der Waals surface area contributed by atoms with Crippen molar-refractivity contribution in [3.05, 3.63) is 11.8 Å². The fraction of sp³-hybridized carbons (Fsp3) is 0.710. The average Bonchev–Trinajstić information content (AvgIpc) is 2.85. The van der Waals surface area contributed by atoms with Crippen LogP contribution in [0.4, 0.5) is 22.8 Å². The molecule has 1 saturated heterocycles. The minimum atomic E-state index is -5.91. The number of ether oxygens (including phenoxy) is 2. The molecule has 1 fully saturated rings. The molecule has 0 N–H and O–H groups in total. The standard InChI is InChI=1S/C15H22F3NO6S.C14H23NO4.2CO2/c1-13(2,3)10-7-9(25-26(22,23)15(16,17)18)8-11(20)19(10)12(21)24-14(4,5)6;1-13(2,3)10-7-9(16)8-11(17)15(10)12(18)19-14(4,5)6;2*2-1-3/h8,10H,7H2,1-6H3;10H,7-8H2,1-6H3;;/t2*10-;;/m11../s1. The van der Waals surface area contributed by atoms with Gasteiger partial charge in [0.15, 0.2) is 0 Å². The summed E-state index contributed by atoms with van der Waals surface area (Å²) in [5, 5.41) is 0. The van der Waals surface area contributed by atoms with E-state index >= 15 is 0 Å². The normalized spacial score (nSPS) is 18.5. The zero-order valence-electron chi connectivity index (χ0n) is 30.5. The molecule has 0 saturated carbocycles. The van der Waals surface area contributed by atoms with E-state index in [0.29, 0.717) is 6.08 Å². The van der Waals surface area contributed by atoms with E-state index < -0.39 is 80.5 Å². The lowest BCUT2D eigenvalue weighted by Gasteiger charge is -2.41. The molecule has 0 spiro atoms. The predicted molar refractivity (Wildman–Crippen MR) is 166 cm³/mol. The second kappa shape index (κ2) is 18.2. The number of likely N-dealkylation sites (tertiary alicyclic amines) is 1. The van der Waals surface area contributed by atoms with Crippen molar-refractivity contribution >= 4 is 52.2 Å². The van der Waals surface area contributed by atoms with E-state index in [1.807, 2.05) is 20.8 Å². The third kappa shape index (κ3) is 16.9. The number of amides is 4. The number of rotatable bonds is 2. The van der Waals surface area contributed by atoms with Crippen LogP contribution in [-0.4, -0.2) is 89.1 Å². The fourth-order valence-electron chi connectivity index (χ4n) is 4.21. The van der Waals surface area contributed by atoms with Gasteiger partial charge in [0, 0.05) is 18.9 Å². The highest BCUT2D eigenvalue weighted by molar-refractivity contribution is 7.87. The summed E-state index contributed by atoms with van der Waals surface area (Å²) in [6.45, 7) is 20.6. The van der Waals surface area contributed by atoms with E-state index in [0.717, 1.165) is 9.80 Å². The van der Waals surface area contributed by atoms with E-state index in [2.05, 4.69) is 4.18 Å². The molecule has 0 unspecified atom stereocenters. The van der Waals surface area contributed by atoms with Crippen molar-refractivity contribution in [2.45, 2.75) is 131 Å². The van der Waals surface area contributed by atoms with Gasteiger partial charge in [-0.1, -0.05) is 41.5 Å². The monoisotopic (exact) mass is 758 g/mol. The second-order valence-corrected chi connectivity index (χ2v) is 16.6. The van der Waals surface area contributed by atoms with Crippen LogP contribution >= 0.6 is 0 Å². The highest BCUT2D eigenvalue weighted by atomic mass is 32.2. The molecule has 0 aliphatic carbocycles. The number of carbonyl (C=O) groups excluding carboxylic acids is 9. The first kappa shape index (κ1) is 48.7. The Hall–Kier alpha value is -4.41. The Kier molecular flexibility index (Phi) is 17.4. The van der Waals surface area contributed by atoms with Crippen molar-refractivity contribution in [2.24, 2.45) is 10.8 Å². The number of hydrogen-bond acceptors (Lipinski definition) is 14. The average molecular weight is 759 g/mol. The Morgan fingerprint density at radius 1 is 0.706 bits per heavy atom. The Morgan fingerprint density at radius 2 is 1.06 bits per heavy atom. The lowest BCUT2D eigenvalue weighted by Crippen LogP contribution is -2.56. The van der Waals surface area contributed by atoms with Crippen molar-refractivity contribution in [3.8, 4) is 0 Å². The summed E-state index contributed by atoms with van der Waals surface area (Å²) in [4.78, 5) is 94.8. The summed E-state index contributed by atoms with van der Waals surface area (Å²) in [5.41, 5.74) is -8.34. The van der Waals surface area contributed by atoms with Crippen molar-refractivity contribution in [3.63, 3.8) is 0 Å². The summed E-state index contributed by atoms with van der Waals surface area (Å²) in [7, 11) is -5.91. The van der Waals surface area contributed by atoms with Gasteiger partial charge in [0.05, 0.1) is 18.5 Å². The first-order chi connectivity index (χ1) is 22.6. The minimum Gasteiger partial charge on any atom is -0.443 e. The van der Waals surface area contributed by atoms with Gasteiger partial charge in [-0.2, -0.15) is 40.8 Å². The molecule has 0 bridgehead atoms. The SMILES string of the molecule is CC(C)(C)OC(=O)N1C(=O)C=C(OS(=O)(=O)C(F)(F)F)C[C@@H]1C(C)(C)C.CC(C)(C)OC(=O)N1C(=O)CC(=O)C[C@@H]1C(C)(C)C.O=C=O.O=C=O. The molecule has 2 heterocycles. The fourth-order valence-corrected chi connectivity index (χ4v) is 4.70. The third-order valence-electron chi connectivity index (χ3n) is 6.26. The van der Waals surface area contributed by atoms with Gasteiger partial charge < -0.3 is 13.7 Å². The van der Waals surface area contributed by atoms with Crippen LogP contribution in [0.5, 0.6) is 0 Å². The molecule has 4 amide bonds. The number of halogens is 3. The van der Waals surface area contributed by atoms with Gasteiger partial charge in [-0.15, -0.1) is 0 Å². The van der Waals surface area contributed by atoms with Crippen LogP contribution in [0, 0.1) is 10.8 Å². The molecule has 2 rings (SSSR count). The Morgan fingerprint density at radius 3 is 1.39 bits per heavy atom. The van der Waals surface area contributed by atoms with E-state index in [-0.39, 0.29) is 36.3 Å². The smallest absolute Gasteiger partial charge is 0.443 e. The van der Waals surface area contributed by atoms with Crippen molar-refractivity contribution in [1.29, 1.82) is 0 Å². The molecular weight excluding hydrogens is 713 g/mol. The molecule has 20 heteroatoms. The summed E-state index contributed by atoms with van der Waals surface area (Å²) >= 11 is 0. The van der Waals surface area contributed by atoms with Crippen LogP contribution < -0.4 is 0 Å². The molecule has 2 atom stereocenters. The van der Waals surface area contributed by atoms with Crippen molar-refractivity contribution in [2.75, 3.05) is 0 Å². The first-order valence-corrected chi connectivity index (χ1v) is 16.3. The number of nitrogens with zero attached hydrogens (tertiary/aromatic N) is 2. The zero-order valence-corrected chi connectivity index (χ0v) is 31.3. The Labute approximate surface area is 294 Å². The predicted octanol–water partition coefficient (Wildman–Crippen LogP) is 4.68. The lowest BCUT2D eigenvalue weighted by molar-refractivity contribution is -0.193. The first-order valence-electron chi connectivity index (χ1n) is 14.9. The maximum atomic E-state index is 12.5. The summed E-state index contributed by atoms with van der Waals surface area (Å²) in [6.07, 6.45) is -0.999. The van der Waals surface area contributed by atoms with Crippen LogP contribution in [0.25, 0.3) is 0 Å². The Bertz CT molecular complexity index is 1490. The molecule has 0 aromatic rings. The third-order valence-corrected chi connectivity index (χ3v) is 7.26. The molecule has 290 valence electrons. The summed E-state index contributed by atoms with van der Waals surface area (Å²) in [5.74, 6) is -2.29. The molecule has 0 radical (unpaired) electrons. The molecule has 0 aromatic carbocycles. The van der Waals surface area contributed by atoms with E-state index in [4.69, 9.17) is 28.7 Å². The van der Waals surface area contributed by atoms with E-state index in [9.17, 15) is 45.6 Å². The van der Waals surface area contributed by atoms with Gasteiger partial charge in [0.25, 0.3) is 5.91 Å². The molecule has 0 aromatic heterocycles. The van der Waals surface area contributed by atoms with Crippen LogP contribution in [-0.2, 0) is 57.3 Å². The number of piperidine rings is 1. The van der Waals surface area contributed by atoms with E-state index in [1.54, 1.807) is 62.3 Å². The zero-order chi connectivity index (χ0) is 41.1. The van der Waals surface area contributed by atoms with Gasteiger partial charge >= 0.3 is 40.1 Å². The molecule has 2 aliphatic heterocycles. The molecule has 2 aliphatic rings.